The molecule has 178 valence electrons. The highest BCUT2D eigenvalue weighted by molar-refractivity contribution is 7.22. The Kier molecular flexibility index (Phi) is 6.56. The number of ketones is 1. The van der Waals surface area contributed by atoms with Gasteiger partial charge in [-0.1, -0.05) is 65.9 Å². The first-order chi connectivity index (χ1) is 17.5. The molecule has 5 aromatic rings. The van der Waals surface area contributed by atoms with Crippen molar-refractivity contribution in [2.45, 2.75) is 13.5 Å². The highest BCUT2D eigenvalue weighted by Crippen LogP contribution is 2.37. The number of aromatic nitrogens is 2. The highest BCUT2D eigenvalue weighted by Gasteiger charge is 2.24. The van der Waals surface area contributed by atoms with Gasteiger partial charge in [-0.05, 0) is 42.3 Å². The van der Waals surface area contributed by atoms with Crippen LogP contribution in [0.15, 0.2) is 91.3 Å². The number of hydrogen-bond donors (Lipinski definition) is 0. The third-order valence-electron chi connectivity index (χ3n) is 5.88. The zero-order valence-electron chi connectivity index (χ0n) is 19.8. The molecule has 5 rings (SSSR count). The summed E-state index contributed by atoms with van der Waals surface area (Å²) in [4.78, 5) is 37.2. The summed E-state index contributed by atoms with van der Waals surface area (Å²) in [5.74, 6) is 0.361. The van der Waals surface area contributed by atoms with Crippen molar-refractivity contribution < 1.29 is 14.3 Å². The van der Waals surface area contributed by atoms with E-state index in [0.717, 1.165) is 21.3 Å². The molecule has 3 aromatic carbocycles. The number of ether oxygens (including phenoxy) is 1. The Morgan fingerprint density at radius 3 is 2.31 bits per heavy atom. The minimum Gasteiger partial charge on any atom is -0.494 e. The molecule has 0 atom stereocenters. The van der Waals surface area contributed by atoms with Gasteiger partial charge in [0.1, 0.15) is 11.3 Å². The molecule has 0 aliphatic heterocycles. The summed E-state index contributed by atoms with van der Waals surface area (Å²) >= 11 is 1.45. The first-order valence-corrected chi connectivity index (χ1v) is 12.2. The van der Waals surface area contributed by atoms with Crippen LogP contribution in [0.25, 0.3) is 10.2 Å². The van der Waals surface area contributed by atoms with Crippen molar-refractivity contribution in [3.8, 4) is 5.75 Å². The molecule has 0 radical (unpaired) electrons. The molecule has 0 aliphatic carbocycles. The van der Waals surface area contributed by atoms with E-state index in [-0.39, 0.29) is 11.7 Å². The number of benzene rings is 3. The Morgan fingerprint density at radius 2 is 1.61 bits per heavy atom. The van der Waals surface area contributed by atoms with Crippen LogP contribution in [0.4, 0.5) is 5.13 Å². The van der Waals surface area contributed by atoms with E-state index in [9.17, 15) is 9.59 Å². The Morgan fingerprint density at radius 1 is 0.889 bits per heavy atom. The lowest BCUT2D eigenvalue weighted by molar-refractivity contribution is 0.0982. The van der Waals surface area contributed by atoms with Gasteiger partial charge < -0.3 is 4.74 Å². The predicted molar refractivity (Wildman–Crippen MR) is 142 cm³/mol. The second-order valence-corrected chi connectivity index (χ2v) is 9.26. The van der Waals surface area contributed by atoms with Crippen molar-refractivity contribution in [3.05, 3.63) is 119 Å². The molecule has 0 spiro atoms. The summed E-state index contributed by atoms with van der Waals surface area (Å²) in [6.07, 6.45) is 3.44. The number of carbonyl (C=O) groups excluding carboxylic acids is 2. The van der Waals surface area contributed by atoms with Crippen LogP contribution in [0.1, 0.15) is 37.4 Å². The highest BCUT2D eigenvalue weighted by atomic mass is 32.1. The largest absolute Gasteiger partial charge is 0.494 e. The summed E-state index contributed by atoms with van der Waals surface area (Å²) in [5.41, 5.74) is 4.26. The standard InChI is InChI=1S/C29H23N3O3S/c1-19-10-15-24(35-2)25-27(19)36-29(31-25)32(18-20-7-6-16-30-17-20)28(34)23-13-11-22(12-14-23)26(33)21-8-4-3-5-9-21/h3-17H,18H2,1-2H3. The Labute approximate surface area is 212 Å². The van der Waals surface area contributed by atoms with E-state index in [1.54, 1.807) is 60.8 Å². The lowest BCUT2D eigenvalue weighted by Crippen LogP contribution is -2.30. The SMILES string of the molecule is COc1ccc(C)c2sc(N(Cc3cccnc3)C(=O)c3ccc(C(=O)c4ccccc4)cc3)nc12. The number of anilines is 1. The van der Waals surface area contributed by atoms with E-state index < -0.39 is 0 Å². The Balaban J connectivity index is 1.51. The number of thiazole rings is 1. The second-order valence-electron chi connectivity index (χ2n) is 8.28. The van der Waals surface area contributed by atoms with Crippen LogP contribution in [-0.4, -0.2) is 28.8 Å². The maximum absolute atomic E-state index is 13.8. The normalized spacial score (nSPS) is 10.8. The lowest BCUT2D eigenvalue weighted by Gasteiger charge is -2.20. The summed E-state index contributed by atoms with van der Waals surface area (Å²) in [7, 11) is 1.61. The van der Waals surface area contributed by atoms with E-state index >= 15 is 0 Å². The monoisotopic (exact) mass is 493 g/mol. The number of nitrogens with zero attached hydrogens (tertiary/aromatic N) is 3. The third kappa shape index (κ3) is 4.61. The fraction of sp³-hybridized carbons (Fsp3) is 0.103. The van der Waals surface area contributed by atoms with E-state index in [2.05, 4.69) is 4.98 Å². The van der Waals surface area contributed by atoms with E-state index in [4.69, 9.17) is 9.72 Å². The molecule has 0 fully saturated rings. The molecule has 2 aromatic heterocycles. The molecule has 2 heterocycles. The van der Waals surface area contributed by atoms with Crippen molar-refractivity contribution in [2.24, 2.45) is 0 Å². The summed E-state index contributed by atoms with van der Waals surface area (Å²) in [6, 6.07) is 23.5. The molecule has 7 heteroatoms. The molecule has 0 bridgehead atoms. The quantitative estimate of drug-likeness (QED) is 0.257. The molecule has 1 amide bonds. The van der Waals surface area contributed by atoms with Gasteiger partial charge in [0.25, 0.3) is 5.91 Å². The molecule has 0 unspecified atom stereocenters. The van der Waals surface area contributed by atoms with E-state index in [1.165, 1.54) is 11.3 Å². The average molecular weight is 494 g/mol. The van der Waals surface area contributed by atoms with Crippen molar-refractivity contribution in [1.82, 2.24) is 9.97 Å². The Hall–Kier alpha value is -4.36. The number of rotatable bonds is 7. The average Bonchev–Trinajstić information content (AvgIpc) is 3.38. The third-order valence-corrected chi connectivity index (χ3v) is 7.10. The van der Waals surface area contributed by atoms with Crippen LogP contribution in [0, 0.1) is 6.92 Å². The number of amides is 1. The van der Waals surface area contributed by atoms with Gasteiger partial charge >= 0.3 is 0 Å². The lowest BCUT2D eigenvalue weighted by atomic mass is 10.0. The van der Waals surface area contributed by atoms with Crippen molar-refractivity contribution in [1.29, 1.82) is 0 Å². The summed E-state index contributed by atoms with van der Waals surface area (Å²) in [6.45, 7) is 2.32. The number of pyridine rings is 1. The number of methoxy groups -OCH3 is 1. The van der Waals surface area contributed by atoms with Gasteiger partial charge in [-0.3, -0.25) is 19.5 Å². The molecule has 0 N–H and O–H groups in total. The van der Waals surface area contributed by atoms with Gasteiger partial charge in [0.05, 0.1) is 18.4 Å². The van der Waals surface area contributed by atoms with Crippen LogP contribution < -0.4 is 9.64 Å². The first-order valence-electron chi connectivity index (χ1n) is 11.4. The van der Waals surface area contributed by atoms with Crippen molar-refractivity contribution in [2.75, 3.05) is 12.0 Å². The van der Waals surface area contributed by atoms with Crippen LogP contribution in [0.3, 0.4) is 0 Å². The predicted octanol–water partition coefficient (Wildman–Crippen LogP) is 6.09. The van der Waals surface area contributed by atoms with Crippen molar-refractivity contribution in [3.63, 3.8) is 0 Å². The van der Waals surface area contributed by atoms with E-state index in [0.29, 0.717) is 34.1 Å². The van der Waals surface area contributed by atoms with Gasteiger partial charge in [0.15, 0.2) is 10.9 Å². The van der Waals surface area contributed by atoms with Gasteiger partial charge in [-0.25, -0.2) is 4.98 Å². The molecule has 36 heavy (non-hydrogen) atoms. The zero-order chi connectivity index (χ0) is 25.1. The van der Waals surface area contributed by atoms with Crippen LogP contribution in [0.5, 0.6) is 5.75 Å². The molecule has 0 saturated heterocycles. The number of aryl methyl sites for hydroxylation is 1. The second kappa shape index (κ2) is 10.1. The maximum atomic E-state index is 13.8. The molecule has 0 saturated carbocycles. The molecule has 0 aliphatic rings. The fourth-order valence-electron chi connectivity index (χ4n) is 3.96. The minimum atomic E-state index is -0.215. The van der Waals surface area contributed by atoms with Gasteiger partial charge in [0, 0.05) is 29.1 Å². The maximum Gasteiger partial charge on any atom is 0.260 e. The topological polar surface area (TPSA) is 72.4 Å². The number of hydrogen-bond acceptors (Lipinski definition) is 6. The summed E-state index contributed by atoms with van der Waals surface area (Å²) < 4.78 is 6.48. The van der Waals surface area contributed by atoms with Crippen LogP contribution in [-0.2, 0) is 6.54 Å². The van der Waals surface area contributed by atoms with Gasteiger partial charge in [-0.2, -0.15) is 0 Å². The van der Waals surface area contributed by atoms with Crippen LogP contribution in [0.2, 0.25) is 0 Å². The van der Waals surface area contributed by atoms with E-state index in [1.807, 2.05) is 49.4 Å². The Bertz CT molecular complexity index is 1530. The van der Waals surface area contributed by atoms with Crippen LogP contribution >= 0.6 is 11.3 Å². The van der Waals surface area contributed by atoms with Gasteiger partial charge in [-0.15, -0.1) is 0 Å². The zero-order valence-corrected chi connectivity index (χ0v) is 20.7. The number of carbonyl (C=O) groups is 2. The molecule has 6 nitrogen and oxygen atoms in total. The molecular weight excluding hydrogens is 470 g/mol. The summed E-state index contributed by atoms with van der Waals surface area (Å²) in [5, 5.41) is 0.566. The fourth-order valence-corrected chi connectivity index (χ4v) is 5.00. The minimum absolute atomic E-state index is 0.0874. The number of fused-ring (bicyclic) bond motifs is 1. The smallest absolute Gasteiger partial charge is 0.260 e. The van der Waals surface area contributed by atoms with Crippen molar-refractivity contribution >= 4 is 38.4 Å². The molecular formula is C29H23N3O3S. The first kappa shape index (κ1) is 23.4. The van der Waals surface area contributed by atoms with Gasteiger partial charge in [0.2, 0.25) is 0 Å².